The number of aromatic amines is 1. The van der Waals surface area contributed by atoms with Crippen LogP contribution < -0.4 is 48.7 Å². The Hall–Kier alpha value is -7.24. The maximum Gasteiger partial charge on any atom is 0.251 e. The zero-order valence-corrected chi connectivity index (χ0v) is 35.1. The molecule has 0 aliphatic rings. The molecule has 0 unspecified atom stereocenters. The van der Waals surface area contributed by atoms with Gasteiger partial charge in [0.15, 0.2) is 5.96 Å². The molecule has 62 heavy (non-hydrogen) atoms. The number of hydrogen-bond acceptors (Lipinski definition) is 8. The van der Waals surface area contributed by atoms with E-state index in [4.69, 9.17) is 16.9 Å². The van der Waals surface area contributed by atoms with Gasteiger partial charge in [-0.15, -0.1) is 0 Å². The van der Waals surface area contributed by atoms with Gasteiger partial charge in [0.1, 0.15) is 24.2 Å². The summed E-state index contributed by atoms with van der Waals surface area (Å²) in [6, 6.07) is 18.5. The number of amides is 7. The number of benzene rings is 3. The molecule has 0 fully saturated rings. The second-order valence-electron chi connectivity index (χ2n) is 15.4. The third-order valence-electron chi connectivity index (χ3n) is 9.82. The van der Waals surface area contributed by atoms with Gasteiger partial charge in [0.25, 0.3) is 5.91 Å². The number of guanidine groups is 1. The Morgan fingerprint density at radius 2 is 1.34 bits per heavy atom. The number of aromatic nitrogens is 1. The summed E-state index contributed by atoms with van der Waals surface area (Å²) < 4.78 is 0. The van der Waals surface area contributed by atoms with Gasteiger partial charge in [0.05, 0.1) is 6.54 Å². The monoisotopic (exact) mass is 851 g/mol. The van der Waals surface area contributed by atoms with Crippen molar-refractivity contribution in [1.29, 1.82) is 5.41 Å². The highest BCUT2D eigenvalue weighted by Crippen LogP contribution is 2.19. The SMILES string of the molecule is CC(=O)NCc1ccc(C(=O)N[C@@H](Cc2ccccc2)C(=O)NCC(=O)N[C@@H](CC(C)C)C(=O)N[C@@H](CCCNC(=N)N)C(=O)N[C@@H](Cc2c[nH]c3ccccc23)C(N)=O)cc1. The lowest BCUT2D eigenvalue weighted by Gasteiger charge is -2.26. The Bertz CT molecular complexity index is 2190. The van der Waals surface area contributed by atoms with Crippen LogP contribution in [0.3, 0.4) is 0 Å². The molecule has 0 aliphatic heterocycles. The molecule has 0 spiro atoms. The van der Waals surface area contributed by atoms with Crippen molar-refractivity contribution in [3.8, 4) is 0 Å². The summed E-state index contributed by atoms with van der Waals surface area (Å²) in [5.74, 6) is -4.55. The van der Waals surface area contributed by atoms with Crippen molar-refractivity contribution in [2.24, 2.45) is 17.4 Å². The minimum absolute atomic E-state index is 0.0740. The molecule has 0 saturated heterocycles. The quantitative estimate of drug-likeness (QED) is 0.0285. The molecular formula is C44H57N11O7. The van der Waals surface area contributed by atoms with Gasteiger partial charge < -0.3 is 53.7 Å². The summed E-state index contributed by atoms with van der Waals surface area (Å²) in [7, 11) is 0. The van der Waals surface area contributed by atoms with E-state index in [0.717, 1.165) is 27.6 Å². The third kappa shape index (κ3) is 15.4. The highest BCUT2D eigenvalue weighted by molar-refractivity contribution is 5.99. The maximum absolute atomic E-state index is 13.9. The van der Waals surface area contributed by atoms with Crippen LogP contribution in [0.4, 0.5) is 0 Å². The van der Waals surface area contributed by atoms with E-state index in [0.29, 0.717) is 13.0 Å². The van der Waals surface area contributed by atoms with Crippen LogP contribution in [0.15, 0.2) is 85.1 Å². The van der Waals surface area contributed by atoms with Crippen molar-refractivity contribution < 1.29 is 33.6 Å². The highest BCUT2D eigenvalue weighted by atomic mass is 16.2. The van der Waals surface area contributed by atoms with Crippen LogP contribution in [0.5, 0.6) is 0 Å². The molecule has 0 radical (unpaired) electrons. The number of H-pyrrole nitrogens is 1. The molecule has 4 atom stereocenters. The molecule has 18 nitrogen and oxygen atoms in total. The summed E-state index contributed by atoms with van der Waals surface area (Å²) in [5, 5.41) is 27.1. The van der Waals surface area contributed by atoms with Gasteiger partial charge in [-0.2, -0.15) is 0 Å². The predicted molar refractivity (Wildman–Crippen MR) is 234 cm³/mol. The molecule has 1 heterocycles. The Morgan fingerprint density at radius 3 is 2.00 bits per heavy atom. The second kappa shape index (κ2) is 23.5. The van der Waals surface area contributed by atoms with E-state index in [1.165, 1.54) is 6.92 Å². The Kier molecular flexibility index (Phi) is 18.0. The van der Waals surface area contributed by atoms with Gasteiger partial charge in [-0.3, -0.25) is 39.0 Å². The average Bonchev–Trinajstić information content (AvgIpc) is 3.65. The minimum atomic E-state index is -1.18. The van der Waals surface area contributed by atoms with Crippen molar-refractivity contribution in [3.63, 3.8) is 0 Å². The van der Waals surface area contributed by atoms with Crippen molar-refractivity contribution in [1.82, 2.24) is 42.2 Å². The molecular weight excluding hydrogens is 795 g/mol. The van der Waals surface area contributed by atoms with E-state index in [1.54, 1.807) is 54.7 Å². The van der Waals surface area contributed by atoms with Gasteiger partial charge in [-0.1, -0.05) is 74.5 Å². The number of carbonyl (C=O) groups excluding carboxylic acids is 7. The van der Waals surface area contributed by atoms with Crippen LogP contribution in [0, 0.1) is 11.3 Å². The van der Waals surface area contributed by atoms with E-state index >= 15 is 0 Å². The molecule has 4 rings (SSSR count). The first kappa shape index (κ1) is 47.4. The average molecular weight is 852 g/mol. The summed E-state index contributed by atoms with van der Waals surface area (Å²) in [6.45, 7) is 5.07. The first-order chi connectivity index (χ1) is 29.6. The standard InChI is InChI=1S/C44H57N11O7/c1-26(2)20-36(43(62)53-34(14-9-19-48-44(46)47)42(61)54-35(39(45)58)22-31-24-50-33-13-8-7-12-32(31)33)52-38(57)25-51-41(60)37(21-28-10-5-4-6-11-28)55-40(59)30-17-15-29(16-18-30)23-49-27(3)56/h4-8,10-13,15-18,24,26,34-37,50H,9,14,19-23,25H2,1-3H3,(H2,45,58)(H,49,56)(H,51,60)(H,52,57)(H,53,62)(H,54,61)(H,55,59)(H4,46,47,48)/t34-,35-,36-,37-/m0/s1. The zero-order valence-electron chi connectivity index (χ0n) is 35.1. The lowest BCUT2D eigenvalue weighted by Crippen LogP contribution is -2.57. The van der Waals surface area contributed by atoms with E-state index in [2.05, 4.69) is 42.2 Å². The van der Waals surface area contributed by atoms with Gasteiger partial charge in [-0.25, -0.2) is 0 Å². The summed E-state index contributed by atoms with van der Waals surface area (Å²) in [4.78, 5) is 94.9. The van der Waals surface area contributed by atoms with Crippen molar-refractivity contribution in [3.05, 3.63) is 107 Å². The van der Waals surface area contributed by atoms with Crippen LogP contribution in [0.2, 0.25) is 0 Å². The van der Waals surface area contributed by atoms with Gasteiger partial charge >= 0.3 is 0 Å². The largest absolute Gasteiger partial charge is 0.370 e. The number of nitrogens with two attached hydrogens (primary N) is 2. The van der Waals surface area contributed by atoms with Crippen LogP contribution >= 0.6 is 0 Å². The predicted octanol–water partition coefficient (Wildman–Crippen LogP) is 0.753. The van der Waals surface area contributed by atoms with Crippen LogP contribution in [-0.2, 0) is 48.2 Å². The lowest BCUT2D eigenvalue weighted by atomic mass is 10.0. The molecule has 3 aromatic carbocycles. The fraction of sp³-hybridized carbons (Fsp3) is 0.364. The number of fused-ring (bicyclic) bond motifs is 1. The maximum atomic E-state index is 13.9. The van der Waals surface area contributed by atoms with Gasteiger partial charge in [0, 0.05) is 55.5 Å². The molecule has 330 valence electrons. The Balaban J connectivity index is 1.43. The minimum Gasteiger partial charge on any atom is -0.370 e. The number of primary amides is 1. The highest BCUT2D eigenvalue weighted by Gasteiger charge is 2.30. The van der Waals surface area contributed by atoms with Crippen molar-refractivity contribution in [2.75, 3.05) is 13.1 Å². The molecule has 7 amide bonds. The number of nitrogens with one attached hydrogen (secondary N) is 9. The summed E-state index contributed by atoms with van der Waals surface area (Å²) in [5.41, 5.74) is 14.6. The van der Waals surface area contributed by atoms with Crippen LogP contribution in [0.1, 0.15) is 67.1 Å². The molecule has 1 aromatic heterocycles. The molecule has 0 aliphatic carbocycles. The molecule has 4 aromatic rings. The number of rotatable bonds is 23. The van der Waals surface area contributed by atoms with Crippen molar-refractivity contribution >= 4 is 58.2 Å². The van der Waals surface area contributed by atoms with E-state index in [-0.39, 0.29) is 55.6 Å². The fourth-order valence-corrected chi connectivity index (χ4v) is 6.63. The Labute approximate surface area is 360 Å². The lowest BCUT2D eigenvalue weighted by molar-refractivity contribution is -0.133. The van der Waals surface area contributed by atoms with E-state index in [1.807, 2.05) is 44.2 Å². The van der Waals surface area contributed by atoms with E-state index in [9.17, 15) is 33.6 Å². The normalized spacial score (nSPS) is 12.8. The molecule has 13 N–H and O–H groups in total. The number of para-hydroxylation sites is 1. The van der Waals surface area contributed by atoms with Gasteiger partial charge in [0.2, 0.25) is 35.4 Å². The summed E-state index contributed by atoms with van der Waals surface area (Å²) in [6.07, 6.45) is 2.47. The van der Waals surface area contributed by atoms with Crippen molar-refractivity contribution in [2.45, 2.75) is 83.6 Å². The molecule has 0 bridgehead atoms. The first-order valence-electron chi connectivity index (χ1n) is 20.4. The fourth-order valence-electron chi connectivity index (χ4n) is 6.63. The van der Waals surface area contributed by atoms with Gasteiger partial charge in [-0.05, 0) is 60.1 Å². The Morgan fingerprint density at radius 1 is 0.677 bits per heavy atom. The summed E-state index contributed by atoms with van der Waals surface area (Å²) >= 11 is 0. The van der Waals surface area contributed by atoms with Crippen LogP contribution in [-0.4, -0.2) is 89.6 Å². The topological polar surface area (TPSA) is 295 Å². The van der Waals surface area contributed by atoms with Crippen LogP contribution in [0.25, 0.3) is 10.9 Å². The number of hydrogen-bond donors (Lipinski definition) is 11. The first-order valence-corrected chi connectivity index (χ1v) is 20.4. The zero-order chi connectivity index (χ0) is 45.2. The van der Waals surface area contributed by atoms with E-state index < -0.39 is 66.2 Å². The molecule has 0 saturated carbocycles. The smallest absolute Gasteiger partial charge is 0.251 e. The second-order valence-corrected chi connectivity index (χ2v) is 15.4. The molecule has 18 heteroatoms. The third-order valence-corrected chi connectivity index (χ3v) is 9.82. The number of carbonyl (C=O) groups is 7.